The quantitative estimate of drug-likeness (QED) is 0.866. The average molecular weight is 362 g/mol. The lowest BCUT2D eigenvalue weighted by Gasteiger charge is -2.14. The van der Waals surface area contributed by atoms with E-state index in [1.54, 1.807) is 24.2 Å². The van der Waals surface area contributed by atoms with Crippen molar-refractivity contribution < 1.29 is 18.0 Å². The minimum absolute atomic E-state index is 0.0369. The summed E-state index contributed by atoms with van der Waals surface area (Å²) >= 11 is 0. The molecule has 0 bridgehead atoms. The zero-order chi connectivity index (χ0) is 18.0. The van der Waals surface area contributed by atoms with Gasteiger partial charge in [0.25, 0.3) is 21.8 Å². The topological polar surface area (TPSA) is 101 Å². The highest BCUT2D eigenvalue weighted by atomic mass is 32.2. The van der Waals surface area contributed by atoms with E-state index in [1.807, 2.05) is 4.72 Å². The van der Waals surface area contributed by atoms with Gasteiger partial charge in [-0.25, -0.2) is 9.71 Å². The van der Waals surface area contributed by atoms with Crippen LogP contribution in [0.2, 0.25) is 0 Å². The van der Waals surface area contributed by atoms with Crippen molar-refractivity contribution in [3.63, 3.8) is 0 Å². The van der Waals surface area contributed by atoms with Gasteiger partial charge in [0.15, 0.2) is 5.03 Å². The molecule has 1 aliphatic heterocycles. The number of amides is 2. The lowest BCUT2D eigenvalue weighted by Crippen LogP contribution is -2.33. The van der Waals surface area contributed by atoms with Crippen LogP contribution in [0.25, 0.3) is 0 Å². The van der Waals surface area contributed by atoms with E-state index in [-0.39, 0.29) is 22.3 Å². The van der Waals surface area contributed by atoms with Crippen molar-refractivity contribution in [1.82, 2.24) is 19.2 Å². The number of sulfonamides is 1. The van der Waals surface area contributed by atoms with E-state index in [9.17, 15) is 18.0 Å². The van der Waals surface area contributed by atoms with Crippen LogP contribution in [0.5, 0.6) is 0 Å². The molecule has 2 aromatic rings. The lowest BCUT2D eigenvalue weighted by molar-refractivity contribution is 0.0787. The van der Waals surface area contributed by atoms with Crippen molar-refractivity contribution in [1.29, 1.82) is 0 Å². The second-order valence-electron chi connectivity index (χ2n) is 5.80. The molecule has 0 aromatic carbocycles. The normalized spacial score (nSPS) is 14.5. The van der Waals surface area contributed by atoms with Gasteiger partial charge in [0.2, 0.25) is 0 Å². The number of likely N-dealkylation sites (tertiary alicyclic amines) is 1. The van der Waals surface area contributed by atoms with Gasteiger partial charge in [-0.3, -0.25) is 9.59 Å². The molecule has 1 fully saturated rings. The second-order valence-corrected chi connectivity index (χ2v) is 7.43. The van der Waals surface area contributed by atoms with E-state index in [1.165, 1.54) is 28.8 Å². The van der Waals surface area contributed by atoms with Crippen molar-refractivity contribution in [3.8, 4) is 0 Å². The Morgan fingerprint density at radius 3 is 2.40 bits per heavy atom. The summed E-state index contributed by atoms with van der Waals surface area (Å²) in [7, 11) is -2.45. The summed E-state index contributed by atoms with van der Waals surface area (Å²) in [5, 5.41) is -0.0369. The molecule has 132 valence electrons. The van der Waals surface area contributed by atoms with Gasteiger partial charge >= 0.3 is 0 Å². The number of nitrogens with one attached hydrogen (secondary N) is 1. The van der Waals surface area contributed by atoms with Crippen molar-refractivity contribution in [2.45, 2.75) is 17.9 Å². The number of nitrogens with zero attached hydrogens (tertiary/aromatic N) is 3. The van der Waals surface area contributed by atoms with E-state index < -0.39 is 15.9 Å². The Hall–Kier alpha value is -2.68. The first kappa shape index (κ1) is 17.2. The number of aryl methyl sites for hydroxylation is 1. The Kier molecular flexibility index (Phi) is 4.58. The summed E-state index contributed by atoms with van der Waals surface area (Å²) in [6.07, 6.45) is 3.45. The summed E-state index contributed by atoms with van der Waals surface area (Å²) in [5.41, 5.74) is 0.00801. The molecule has 0 radical (unpaired) electrons. The highest BCUT2D eigenvalue weighted by Crippen LogP contribution is 2.13. The summed E-state index contributed by atoms with van der Waals surface area (Å²) < 4.78 is 27.9. The highest BCUT2D eigenvalue weighted by molar-refractivity contribution is 7.90. The van der Waals surface area contributed by atoms with Crippen LogP contribution in [-0.2, 0) is 17.1 Å². The predicted molar refractivity (Wildman–Crippen MR) is 89.4 cm³/mol. The molecule has 25 heavy (non-hydrogen) atoms. The molecule has 0 atom stereocenters. The van der Waals surface area contributed by atoms with Crippen LogP contribution in [-0.4, -0.2) is 47.8 Å². The van der Waals surface area contributed by atoms with Gasteiger partial charge in [-0.05, 0) is 37.1 Å². The largest absolute Gasteiger partial charge is 0.340 e. The standard InChI is InChI=1S/C16H18N4O4S/c1-19-9-5-8-14(19)25(23,24)18-15(21)12-6-4-7-13(17-12)16(22)20-10-2-3-11-20/h4-9H,2-3,10-11H2,1H3,(H,18,21). The summed E-state index contributed by atoms with van der Waals surface area (Å²) in [5.74, 6) is -1.13. The third kappa shape index (κ3) is 3.55. The van der Waals surface area contributed by atoms with E-state index in [2.05, 4.69) is 4.98 Å². The Bertz CT molecular complexity index is 914. The van der Waals surface area contributed by atoms with Crippen LogP contribution in [0.4, 0.5) is 0 Å². The van der Waals surface area contributed by atoms with Gasteiger partial charge in [0, 0.05) is 26.3 Å². The molecule has 0 spiro atoms. The van der Waals surface area contributed by atoms with E-state index in [4.69, 9.17) is 0 Å². The maximum absolute atomic E-state index is 12.3. The van der Waals surface area contributed by atoms with Crippen LogP contribution in [0.15, 0.2) is 41.6 Å². The summed E-state index contributed by atoms with van der Waals surface area (Å²) in [4.78, 5) is 30.3. The second kappa shape index (κ2) is 6.67. The van der Waals surface area contributed by atoms with Crippen molar-refractivity contribution in [3.05, 3.63) is 47.9 Å². The number of rotatable bonds is 4. The van der Waals surface area contributed by atoms with Gasteiger partial charge in [-0.2, -0.15) is 8.42 Å². The third-order valence-corrected chi connectivity index (χ3v) is 5.42. The molecule has 2 amide bonds. The van der Waals surface area contributed by atoms with Crippen LogP contribution < -0.4 is 4.72 Å². The van der Waals surface area contributed by atoms with Gasteiger partial charge in [-0.15, -0.1) is 0 Å². The third-order valence-electron chi connectivity index (χ3n) is 3.99. The molecule has 3 rings (SSSR count). The fraction of sp³-hybridized carbons (Fsp3) is 0.312. The van der Waals surface area contributed by atoms with E-state index >= 15 is 0 Å². The van der Waals surface area contributed by atoms with E-state index in [0.29, 0.717) is 13.1 Å². The SMILES string of the molecule is Cn1cccc1S(=O)(=O)NC(=O)c1cccc(C(=O)N2CCCC2)n1. The number of hydrogen-bond acceptors (Lipinski definition) is 5. The summed E-state index contributed by atoms with van der Waals surface area (Å²) in [6.45, 7) is 1.33. The molecular formula is C16H18N4O4S. The molecule has 8 nitrogen and oxygen atoms in total. The Labute approximate surface area is 145 Å². The van der Waals surface area contributed by atoms with E-state index in [0.717, 1.165) is 12.8 Å². The Morgan fingerprint density at radius 2 is 1.76 bits per heavy atom. The molecule has 9 heteroatoms. The Morgan fingerprint density at radius 1 is 1.08 bits per heavy atom. The van der Waals surface area contributed by atoms with Crippen LogP contribution in [0, 0.1) is 0 Å². The summed E-state index contributed by atoms with van der Waals surface area (Å²) in [6, 6.07) is 7.35. The van der Waals surface area contributed by atoms with Crippen LogP contribution >= 0.6 is 0 Å². The van der Waals surface area contributed by atoms with Crippen molar-refractivity contribution in [2.24, 2.45) is 7.05 Å². The van der Waals surface area contributed by atoms with Gasteiger partial charge in [0.1, 0.15) is 11.4 Å². The number of aromatic nitrogens is 2. The molecule has 1 N–H and O–H groups in total. The smallest absolute Gasteiger partial charge is 0.283 e. The van der Waals surface area contributed by atoms with Gasteiger partial charge in [0.05, 0.1) is 0 Å². The molecule has 1 saturated heterocycles. The maximum Gasteiger partial charge on any atom is 0.283 e. The first-order chi connectivity index (χ1) is 11.9. The zero-order valence-corrected chi connectivity index (χ0v) is 14.5. The molecule has 0 unspecified atom stereocenters. The minimum atomic E-state index is -4.02. The number of pyridine rings is 1. The first-order valence-electron chi connectivity index (χ1n) is 7.83. The predicted octanol–water partition coefficient (Wildman–Crippen LogP) is 0.775. The lowest BCUT2D eigenvalue weighted by atomic mass is 10.2. The minimum Gasteiger partial charge on any atom is -0.340 e. The molecule has 3 heterocycles. The van der Waals surface area contributed by atoms with Crippen LogP contribution in [0.3, 0.4) is 0 Å². The zero-order valence-electron chi connectivity index (χ0n) is 13.7. The molecule has 1 aliphatic rings. The van der Waals surface area contributed by atoms with Crippen molar-refractivity contribution >= 4 is 21.8 Å². The maximum atomic E-state index is 12.3. The fourth-order valence-corrected chi connectivity index (χ4v) is 3.86. The first-order valence-corrected chi connectivity index (χ1v) is 9.31. The Balaban J connectivity index is 1.80. The number of hydrogen-bond donors (Lipinski definition) is 1. The van der Waals surface area contributed by atoms with Crippen molar-refractivity contribution in [2.75, 3.05) is 13.1 Å². The van der Waals surface area contributed by atoms with Crippen LogP contribution in [0.1, 0.15) is 33.8 Å². The number of carbonyl (C=O) groups is 2. The monoisotopic (exact) mass is 362 g/mol. The average Bonchev–Trinajstić information content (AvgIpc) is 3.25. The fourth-order valence-electron chi connectivity index (χ4n) is 2.71. The highest BCUT2D eigenvalue weighted by Gasteiger charge is 2.24. The molecular weight excluding hydrogens is 344 g/mol. The number of carbonyl (C=O) groups excluding carboxylic acids is 2. The van der Waals surface area contributed by atoms with Gasteiger partial charge in [-0.1, -0.05) is 6.07 Å². The molecule has 0 aliphatic carbocycles. The van der Waals surface area contributed by atoms with Gasteiger partial charge < -0.3 is 9.47 Å². The molecule has 2 aromatic heterocycles. The molecule has 0 saturated carbocycles.